The first-order valence-corrected chi connectivity index (χ1v) is 7.52. The number of aliphatic hydroxyl groups excluding tert-OH is 3. The van der Waals surface area contributed by atoms with Crippen molar-refractivity contribution in [3.63, 3.8) is 0 Å². The van der Waals surface area contributed by atoms with Gasteiger partial charge in [-0.25, -0.2) is 0 Å². The maximum atomic E-state index is 11.7. The molecule has 0 aliphatic carbocycles. The fraction of sp³-hybridized carbons (Fsp3) is 0.667. The third-order valence-electron chi connectivity index (χ3n) is 3.89. The number of H-pyrrole nitrogens is 1. The molecule has 126 valence electrons. The number of pyridine rings is 1. The van der Waals surface area contributed by atoms with Gasteiger partial charge in [-0.3, -0.25) is 14.6 Å². The summed E-state index contributed by atoms with van der Waals surface area (Å²) in [4.78, 5) is 18.3. The van der Waals surface area contributed by atoms with Gasteiger partial charge < -0.3 is 20.3 Å². The number of rotatable bonds is 10. The Morgan fingerprint density at radius 3 is 2.55 bits per heavy atom. The molecule has 0 fully saturated rings. The van der Waals surface area contributed by atoms with Gasteiger partial charge >= 0.3 is 0 Å². The molecule has 0 aromatic carbocycles. The van der Waals surface area contributed by atoms with Crippen LogP contribution in [0.3, 0.4) is 0 Å². The van der Waals surface area contributed by atoms with Gasteiger partial charge in [-0.05, 0) is 19.7 Å². The molecular weight excluding hydrogens is 286 g/mol. The minimum Gasteiger partial charge on any atom is -0.395 e. The Bertz CT molecular complexity index is 480. The molecule has 0 bridgehead atoms. The Kier molecular flexibility index (Phi) is 8.29. The summed E-state index contributed by atoms with van der Waals surface area (Å²) in [5, 5.41) is 28.0. The van der Waals surface area contributed by atoms with Crippen LogP contribution in [-0.2, 0) is 6.54 Å². The standard InChI is InChI=1S/C15H27N3O4/c1-3-18(9-12-5-4-6-16-15(12)22)8-7-17(2)13(10-19)14(21)11-20/h4-6,13-14,19-21H,3,7-11H2,1-2H3,(H,16,22)/t13-,14-/m1/s1. The average Bonchev–Trinajstić information content (AvgIpc) is 2.53. The molecule has 1 rings (SSSR count). The molecule has 0 amide bonds. The monoisotopic (exact) mass is 313 g/mol. The first-order valence-electron chi connectivity index (χ1n) is 7.52. The molecule has 7 nitrogen and oxygen atoms in total. The lowest BCUT2D eigenvalue weighted by molar-refractivity contribution is -0.00628. The smallest absolute Gasteiger partial charge is 0.252 e. The third-order valence-corrected chi connectivity index (χ3v) is 3.89. The highest BCUT2D eigenvalue weighted by atomic mass is 16.3. The Balaban J connectivity index is 2.56. The predicted octanol–water partition coefficient (Wildman–Crippen LogP) is -1.16. The van der Waals surface area contributed by atoms with Crippen molar-refractivity contribution in [1.29, 1.82) is 0 Å². The second-order valence-corrected chi connectivity index (χ2v) is 5.37. The molecule has 0 spiro atoms. The minimum atomic E-state index is -0.970. The van der Waals surface area contributed by atoms with Gasteiger partial charge in [0.25, 0.3) is 5.56 Å². The Hall–Kier alpha value is -1.25. The van der Waals surface area contributed by atoms with Crippen LogP contribution in [0, 0.1) is 0 Å². The summed E-state index contributed by atoms with van der Waals surface area (Å²) < 4.78 is 0. The van der Waals surface area contributed by atoms with E-state index in [0.29, 0.717) is 25.2 Å². The number of aromatic nitrogens is 1. The summed E-state index contributed by atoms with van der Waals surface area (Å²) >= 11 is 0. The lowest BCUT2D eigenvalue weighted by Gasteiger charge is -2.31. The summed E-state index contributed by atoms with van der Waals surface area (Å²) in [6, 6.07) is 3.11. The molecule has 0 saturated carbocycles. The number of likely N-dealkylation sites (N-methyl/N-ethyl adjacent to an activating group) is 2. The first-order chi connectivity index (χ1) is 10.5. The van der Waals surface area contributed by atoms with Crippen LogP contribution in [0.2, 0.25) is 0 Å². The van der Waals surface area contributed by atoms with Gasteiger partial charge in [0.1, 0.15) is 0 Å². The molecule has 0 aliphatic heterocycles. The van der Waals surface area contributed by atoms with E-state index in [1.54, 1.807) is 25.4 Å². The fourth-order valence-electron chi connectivity index (χ4n) is 2.31. The van der Waals surface area contributed by atoms with E-state index in [2.05, 4.69) is 9.88 Å². The quantitative estimate of drug-likeness (QED) is 0.435. The summed E-state index contributed by atoms with van der Waals surface area (Å²) in [5.74, 6) is 0. The average molecular weight is 313 g/mol. The summed E-state index contributed by atoms with van der Waals surface area (Å²) in [5.41, 5.74) is 0.624. The SMILES string of the molecule is CCN(CCN(C)[C@H](CO)[C@H](O)CO)Cc1ccc[nH]c1=O. The number of aliphatic hydroxyl groups is 3. The molecule has 4 N–H and O–H groups in total. The maximum absolute atomic E-state index is 11.7. The van der Waals surface area contributed by atoms with Crippen LogP contribution in [0.5, 0.6) is 0 Å². The molecule has 22 heavy (non-hydrogen) atoms. The minimum absolute atomic E-state index is 0.0850. The molecule has 2 atom stereocenters. The van der Waals surface area contributed by atoms with Crippen LogP contribution in [-0.4, -0.2) is 82.1 Å². The molecule has 0 aliphatic rings. The van der Waals surface area contributed by atoms with Crippen LogP contribution in [0.15, 0.2) is 23.1 Å². The number of aromatic amines is 1. The van der Waals surface area contributed by atoms with Gasteiger partial charge in [-0.15, -0.1) is 0 Å². The van der Waals surface area contributed by atoms with E-state index in [1.165, 1.54) is 0 Å². The highest BCUT2D eigenvalue weighted by Crippen LogP contribution is 2.04. The van der Waals surface area contributed by atoms with E-state index in [1.807, 2.05) is 11.8 Å². The molecule has 1 aromatic rings. The molecule has 1 aromatic heterocycles. The summed E-state index contributed by atoms with van der Waals surface area (Å²) in [6.07, 6.45) is 0.639. The van der Waals surface area contributed by atoms with Crippen molar-refractivity contribution in [2.45, 2.75) is 25.6 Å². The van der Waals surface area contributed by atoms with Crippen molar-refractivity contribution >= 4 is 0 Å². The highest BCUT2D eigenvalue weighted by Gasteiger charge is 2.22. The molecule has 0 unspecified atom stereocenters. The van der Waals surface area contributed by atoms with Crippen molar-refractivity contribution < 1.29 is 15.3 Å². The highest BCUT2D eigenvalue weighted by molar-refractivity contribution is 5.08. The van der Waals surface area contributed by atoms with Crippen LogP contribution in [0.4, 0.5) is 0 Å². The molecular formula is C15H27N3O4. The lowest BCUT2D eigenvalue weighted by atomic mass is 10.1. The van der Waals surface area contributed by atoms with Gasteiger partial charge in [0.05, 0.1) is 25.4 Å². The van der Waals surface area contributed by atoms with E-state index in [0.717, 1.165) is 6.54 Å². The molecule has 0 saturated heterocycles. The van der Waals surface area contributed by atoms with Crippen LogP contribution >= 0.6 is 0 Å². The van der Waals surface area contributed by atoms with Crippen molar-refractivity contribution in [2.24, 2.45) is 0 Å². The normalized spacial score (nSPS) is 14.5. The first kappa shape index (κ1) is 18.8. The predicted molar refractivity (Wildman–Crippen MR) is 84.6 cm³/mol. The molecule has 1 heterocycles. The summed E-state index contributed by atoms with van der Waals surface area (Å²) in [7, 11) is 1.79. The third kappa shape index (κ3) is 5.51. The second-order valence-electron chi connectivity index (χ2n) is 5.37. The summed E-state index contributed by atoms with van der Waals surface area (Å²) in [6.45, 7) is 4.05. The van der Waals surface area contributed by atoms with Gasteiger partial charge in [-0.2, -0.15) is 0 Å². The fourth-order valence-corrected chi connectivity index (χ4v) is 2.31. The molecule has 7 heteroatoms. The number of hydrogen-bond acceptors (Lipinski definition) is 6. The van der Waals surface area contributed by atoms with Crippen LogP contribution in [0.1, 0.15) is 12.5 Å². The zero-order valence-electron chi connectivity index (χ0n) is 13.3. The second kappa shape index (κ2) is 9.70. The van der Waals surface area contributed by atoms with Gasteiger partial charge in [-0.1, -0.05) is 13.0 Å². The van der Waals surface area contributed by atoms with Gasteiger partial charge in [0.2, 0.25) is 0 Å². The van der Waals surface area contributed by atoms with Crippen molar-refractivity contribution in [1.82, 2.24) is 14.8 Å². The lowest BCUT2D eigenvalue weighted by Crippen LogP contribution is -2.48. The van der Waals surface area contributed by atoms with Crippen molar-refractivity contribution in [2.75, 3.05) is 39.9 Å². The maximum Gasteiger partial charge on any atom is 0.252 e. The van der Waals surface area contributed by atoms with Gasteiger partial charge in [0.15, 0.2) is 0 Å². The van der Waals surface area contributed by atoms with Crippen LogP contribution < -0.4 is 5.56 Å². The van der Waals surface area contributed by atoms with E-state index >= 15 is 0 Å². The zero-order chi connectivity index (χ0) is 16.5. The number of nitrogens with one attached hydrogen (secondary N) is 1. The Morgan fingerprint density at radius 2 is 2.00 bits per heavy atom. The van der Waals surface area contributed by atoms with E-state index in [-0.39, 0.29) is 18.8 Å². The zero-order valence-corrected chi connectivity index (χ0v) is 13.3. The van der Waals surface area contributed by atoms with E-state index < -0.39 is 12.1 Å². The topological polar surface area (TPSA) is 100 Å². The van der Waals surface area contributed by atoms with E-state index in [9.17, 15) is 15.0 Å². The molecule has 0 radical (unpaired) electrons. The van der Waals surface area contributed by atoms with Gasteiger partial charge in [0, 0.05) is 31.4 Å². The number of hydrogen-bond donors (Lipinski definition) is 4. The van der Waals surface area contributed by atoms with Crippen molar-refractivity contribution in [3.05, 3.63) is 34.2 Å². The van der Waals surface area contributed by atoms with Crippen LogP contribution in [0.25, 0.3) is 0 Å². The Labute approximate surface area is 130 Å². The largest absolute Gasteiger partial charge is 0.395 e. The van der Waals surface area contributed by atoms with Crippen molar-refractivity contribution in [3.8, 4) is 0 Å². The van der Waals surface area contributed by atoms with E-state index in [4.69, 9.17) is 5.11 Å². The Morgan fingerprint density at radius 1 is 1.27 bits per heavy atom. The number of nitrogens with zero attached hydrogens (tertiary/aromatic N) is 2.